The first-order chi connectivity index (χ1) is 18.6. The Morgan fingerprint density at radius 1 is 0.974 bits per heavy atom. The lowest BCUT2D eigenvalue weighted by atomic mass is 10.1. The molecule has 0 radical (unpaired) electrons. The van der Waals surface area contributed by atoms with Crippen molar-refractivity contribution < 1.29 is 17.9 Å². The van der Waals surface area contributed by atoms with Crippen LogP contribution in [-0.2, 0) is 14.8 Å². The zero-order valence-electron chi connectivity index (χ0n) is 22.7. The molecule has 202 valence electrons. The van der Waals surface area contributed by atoms with Crippen LogP contribution in [0.1, 0.15) is 28.1 Å². The lowest BCUT2D eigenvalue weighted by Gasteiger charge is -2.25. The lowest BCUT2D eigenvalue weighted by molar-refractivity contribution is -0.119. The number of aromatic nitrogens is 1. The van der Waals surface area contributed by atoms with Crippen molar-refractivity contribution in [2.24, 2.45) is 5.10 Å². The van der Waals surface area contributed by atoms with Crippen molar-refractivity contribution in [3.05, 3.63) is 107 Å². The Labute approximate surface area is 229 Å². The maximum atomic E-state index is 13.5. The van der Waals surface area contributed by atoms with Gasteiger partial charge in [0.25, 0.3) is 15.9 Å². The fourth-order valence-electron chi connectivity index (χ4n) is 4.54. The minimum absolute atomic E-state index is 0.0612. The van der Waals surface area contributed by atoms with E-state index < -0.39 is 22.5 Å². The molecular formula is C30H32N4O4S. The van der Waals surface area contributed by atoms with Gasteiger partial charge in [0.15, 0.2) is 0 Å². The molecule has 0 saturated heterocycles. The van der Waals surface area contributed by atoms with Gasteiger partial charge in [-0.3, -0.25) is 9.10 Å². The largest absolute Gasteiger partial charge is 0.495 e. The van der Waals surface area contributed by atoms with Crippen LogP contribution in [0.25, 0.3) is 5.69 Å². The summed E-state index contributed by atoms with van der Waals surface area (Å²) in [6, 6.07) is 22.9. The number of carbonyl (C=O) groups excluding carboxylic acids is 1. The van der Waals surface area contributed by atoms with Crippen LogP contribution in [0.15, 0.2) is 88.9 Å². The number of hydrazone groups is 1. The van der Waals surface area contributed by atoms with E-state index >= 15 is 0 Å². The van der Waals surface area contributed by atoms with Crippen molar-refractivity contribution in [2.75, 3.05) is 18.0 Å². The Kier molecular flexibility index (Phi) is 8.21. The van der Waals surface area contributed by atoms with Gasteiger partial charge < -0.3 is 9.30 Å². The summed E-state index contributed by atoms with van der Waals surface area (Å²) in [4.78, 5) is 13.0. The summed E-state index contributed by atoms with van der Waals surface area (Å²) in [5.74, 6) is -0.271. The van der Waals surface area contributed by atoms with Crippen molar-refractivity contribution in [1.82, 2.24) is 9.99 Å². The second-order valence-electron chi connectivity index (χ2n) is 9.24. The number of benzene rings is 3. The average molecular weight is 545 g/mol. The molecule has 9 heteroatoms. The third-order valence-corrected chi connectivity index (χ3v) is 8.20. The monoisotopic (exact) mass is 544 g/mol. The zero-order chi connectivity index (χ0) is 28.2. The van der Waals surface area contributed by atoms with Crippen LogP contribution in [0, 0.1) is 27.7 Å². The van der Waals surface area contributed by atoms with Crippen LogP contribution < -0.4 is 14.5 Å². The van der Waals surface area contributed by atoms with Crippen LogP contribution in [0.3, 0.4) is 0 Å². The number of para-hydroxylation sites is 2. The van der Waals surface area contributed by atoms with E-state index in [0.717, 1.165) is 32.5 Å². The average Bonchev–Trinajstić information content (AvgIpc) is 3.20. The van der Waals surface area contributed by atoms with Gasteiger partial charge in [0.2, 0.25) is 0 Å². The Hall–Kier alpha value is -4.37. The van der Waals surface area contributed by atoms with Gasteiger partial charge in [0.1, 0.15) is 12.3 Å². The third-order valence-electron chi connectivity index (χ3n) is 6.43. The normalized spacial score (nSPS) is 11.5. The molecule has 0 bridgehead atoms. The predicted molar refractivity (Wildman–Crippen MR) is 154 cm³/mol. The second kappa shape index (κ2) is 11.6. The number of hydrogen-bond acceptors (Lipinski definition) is 5. The molecule has 3 aromatic carbocycles. The maximum Gasteiger partial charge on any atom is 0.264 e. The van der Waals surface area contributed by atoms with Gasteiger partial charge in [0, 0.05) is 22.6 Å². The number of rotatable bonds is 9. The number of nitrogens with one attached hydrogen (secondary N) is 1. The highest BCUT2D eigenvalue weighted by Crippen LogP contribution is 2.32. The van der Waals surface area contributed by atoms with Crippen LogP contribution in [0.5, 0.6) is 5.75 Å². The van der Waals surface area contributed by atoms with Crippen LogP contribution in [0.2, 0.25) is 0 Å². The first-order valence-corrected chi connectivity index (χ1v) is 13.9. The highest BCUT2D eigenvalue weighted by atomic mass is 32.2. The fraction of sp³-hybridized carbons (Fsp3) is 0.200. The number of hydrogen-bond donors (Lipinski definition) is 1. The maximum absolute atomic E-state index is 13.5. The quantitative estimate of drug-likeness (QED) is 0.235. The molecule has 8 nitrogen and oxygen atoms in total. The smallest absolute Gasteiger partial charge is 0.264 e. The molecule has 1 heterocycles. The van der Waals surface area contributed by atoms with E-state index in [2.05, 4.69) is 47.1 Å². The molecular weight excluding hydrogens is 512 g/mol. The summed E-state index contributed by atoms with van der Waals surface area (Å²) in [5, 5.41) is 4.14. The van der Waals surface area contributed by atoms with E-state index in [4.69, 9.17) is 4.74 Å². The number of methoxy groups -OCH3 is 1. The Morgan fingerprint density at radius 2 is 1.67 bits per heavy atom. The first-order valence-electron chi connectivity index (χ1n) is 12.4. The molecule has 1 aromatic heterocycles. The molecule has 0 aliphatic heterocycles. The van der Waals surface area contributed by atoms with Gasteiger partial charge in [-0.2, -0.15) is 5.10 Å². The number of sulfonamides is 1. The zero-order valence-corrected chi connectivity index (χ0v) is 23.5. The van der Waals surface area contributed by atoms with E-state index in [1.54, 1.807) is 48.7 Å². The summed E-state index contributed by atoms with van der Waals surface area (Å²) >= 11 is 0. The van der Waals surface area contributed by atoms with Crippen molar-refractivity contribution in [1.29, 1.82) is 0 Å². The molecule has 4 rings (SSSR count). The summed E-state index contributed by atoms with van der Waals surface area (Å²) in [5.41, 5.74) is 9.01. The predicted octanol–water partition coefficient (Wildman–Crippen LogP) is 5.07. The number of carbonyl (C=O) groups is 1. The van der Waals surface area contributed by atoms with Crippen molar-refractivity contribution in [3.8, 4) is 11.4 Å². The molecule has 1 N–H and O–H groups in total. The number of amides is 1. The minimum Gasteiger partial charge on any atom is -0.495 e. The summed E-state index contributed by atoms with van der Waals surface area (Å²) in [6.07, 6.45) is 1.57. The lowest BCUT2D eigenvalue weighted by Crippen LogP contribution is -2.39. The number of anilines is 1. The molecule has 0 aliphatic carbocycles. The minimum atomic E-state index is -4.07. The van der Waals surface area contributed by atoms with E-state index in [1.807, 2.05) is 19.9 Å². The van der Waals surface area contributed by atoms with E-state index in [9.17, 15) is 13.2 Å². The van der Waals surface area contributed by atoms with E-state index in [0.29, 0.717) is 5.75 Å². The van der Waals surface area contributed by atoms with E-state index in [-0.39, 0.29) is 10.6 Å². The number of ether oxygens (including phenoxy) is 1. The Balaban J connectivity index is 1.58. The van der Waals surface area contributed by atoms with Crippen LogP contribution in [-0.4, -0.2) is 38.8 Å². The summed E-state index contributed by atoms with van der Waals surface area (Å²) in [6.45, 7) is 7.66. The summed E-state index contributed by atoms with van der Waals surface area (Å²) in [7, 11) is -2.62. The number of nitrogens with zero attached hydrogens (tertiary/aromatic N) is 3. The number of aryl methyl sites for hydroxylation is 3. The molecule has 0 atom stereocenters. The van der Waals surface area contributed by atoms with Crippen molar-refractivity contribution >= 4 is 27.8 Å². The molecule has 0 saturated carbocycles. The highest BCUT2D eigenvalue weighted by molar-refractivity contribution is 7.92. The standard InChI is InChI=1S/C30H32N4O4S/c1-21-15-16-27(22(2)17-21)34-23(3)18-25(24(34)4)19-31-32-30(35)20-33(28-13-9-10-14-29(28)38-5)39(36,37)26-11-7-6-8-12-26/h6-19H,20H2,1-5H3,(H,32,35)/b31-19+. The van der Waals surface area contributed by atoms with Gasteiger partial charge in [-0.1, -0.05) is 48.0 Å². The topological polar surface area (TPSA) is 93.0 Å². The molecule has 0 aliphatic rings. The molecule has 1 amide bonds. The van der Waals surface area contributed by atoms with Crippen LogP contribution >= 0.6 is 0 Å². The van der Waals surface area contributed by atoms with Gasteiger partial charge in [0.05, 0.1) is 23.9 Å². The first kappa shape index (κ1) is 27.7. The molecule has 0 fully saturated rings. The third kappa shape index (κ3) is 5.88. The van der Waals surface area contributed by atoms with E-state index in [1.165, 1.54) is 24.8 Å². The van der Waals surface area contributed by atoms with Crippen molar-refractivity contribution in [2.45, 2.75) is 32.6 Å². The second-order valence-corrected chi connectivity index (χ2v) is 11.1. The van der Waals surface area contributed by atoms with Gasteiger partial charge in [-0.15, -0.1) is 0 Å². The highest BCUT2D eigenvalue weighted by Gasteiger charge is 2.29. The van der Waals surface area contributed by atoms with Crippen LogP contribution in [0.4, 0.5) is 5.69 Å². The molecule has 0 spiro atoms. The Morgan fingerprint density at radius 3 is 2.36 bits per heavy atom. The molecule has 39 heavy (non-hydrogen) atoms. The Bertz CT molecular complexity index is 1630. The van der Waals surface area contributed by atoms with Crippen molar-refractivity contribution in [3.63, 3.8) is 0 Å². The fourth-order valence-corrected chi connectivity index (χ4v) is 5.99. The van der Waals surface area contributed by atoms with Gasteiger partial charge in [-0.25, -0.2) is 13.8 Å². The summed E-state index contributed by atoms with van der Waals surface area (Å²) < 4.78 is 35.7. The van der Waals surface area contributed by atoms with Gasteiger partial charge in [-0.05, 0) is 69.7 Å². The SMILES string of the molecule is COc1ccccc1N(CC(=O)N/N=C/c1cc(C)n(-c2ccc(C)cc2C)c1C)S(=O)(=O)c1ccccc1. The molecule has 4 aromatic rings. The van der Waals surface area contributed by atoms with Gasteiger partial charge >= 0.3 is 0 Å². The molecule has 0 unspecified atom stereocenters.